The van der Waals surface area contributed by atoms with Crippen LogP contribution in [0.1, 0.15) is 24.2 Å². The van der Waals surface area contributed by atoms with Gasteiger partial charge in [0.15, 0.2) is 0 Å². The number of amides is 1. The van der Waals surface area contributed by atoms with E-state index in [1.165, 1.54) is 36.4 Å². The predicted molar refractivity (Wildman–Crippen MR) is 99.1 cm³/mol. The summed E-state index contributed by atoms with van der Waals surface area (Å²) in [6, 6.07) is 9.92. The molecule has 0 fully saturated rings. The highest BCUT2D eigenvalue weighted by molar-refractivity contribution is 6.00. The quantitative estimate of drug-likeness (QED) is 0.301. The molecule has 5 N–H and O–H groups in total. The lowest BCUT2D eigenvalue weighted by atomic mass is 9.94. The second-order valence-electron chi connectivity index (χ2n) is 7.13. The molecule has 0 unspecified atom stereocenters. The Labute approximate surface area is 160 Å². The van der Waals surface area contributed by atoms with Gasteiger partial charge >= 0.3 is 6.36 Å². The number of halogens is 3. The molecule has 0 aliphatic rings. The fourth-order valence-electron chi connectivity index (χ4n) is 2.51. The van der Waals surface area contributed by atoms with Crippen LogP contribution >= 0.6 is 0 Å². The van der Waals surface area contributed by atoms with E-state index in [0.29, 0.717) is 11.1 Å². The van der Waals surface area contributed by atoms with Crippen LogP contribution in [0, 0.1) is 5.41 Å². The number of benzene rings is 2. The van der Waals surface area contributed by atoms with E-state index >= 15 is 0 Å². The number of anilines is 1. The molecule has 0 heterocycles. The van der Waals surface area contributed by atoms with E-state index in [2.05, 4.69) is 4.74 Å². The van der Waals surface area contributed by atoms with Crippen molar-refractivity contribution in [3.8, 4) is 16.9 Å². The van der Waals surface area contributed by atoms with E-state index in [4.69, 9.17) is 11.6 Å². The maximum Gasteiger partial charge on any atom is 0.573 e. The zero-order valence-corrected chi connectivity index (χ0v) is 15.5. The Morgan fingerprint density at radius 2 is 1.68 bits per heavy atom. The number of nitrogens with zero attached hydrogens (tertiary/aromatic N) is 1. The highest BCUT2D eigenvalue weighted by atomic mass is 19.4. The molecule has 0 aliphatic heterocycles. The lowest BCUT2D eigenvalue weighted by Gasteiger charge is -2.28. The minimum atomic E-state index is -4.77. The van der Waals surface area contributed by atoms with Crippen LogP contribution in [0.2, 0.25) is 0 Å². The number of carbonyl (C=O) groups excluding carboxylic acids is 1. The van der Waals surface area contributed by atoms with Crippen LogP contribution in [-0.2, 0) is 0 Å². The van der Waals surface area contributed by atoms with Gasteiger partial charge in [0.05, 0.1) is 5.56 Å². The molecule has 28 heavy (non-hydrogen) atoms. The summed E-state index contributed by atoms with van der Waals surface area (Å²) in [5.74, 6) is 4.97. The molecule has 0 saturated carbocycles. The number of hydrogen-bond donors (Lipinski definition) is 3. The van der Waals surface area contributed by atoms with E-state index in [1.54, 1.807) is 19.9 Å². The van der Waals surface area contributed by atoms with Crippen LogP contribution < -0.4 is 16.3 Å². The smallest absolute Gasteiger partial charge is 0.406 e. The fourth-order valence-corrected chi connectivity index (χ4v) is 2.51. The maximum atomic E-state index is 12.6. The monoisotopic (exact) mass is 397 g/mol. The summed E-state index contributed by atoms with van der Waals surface area (Å²) in [6.07, 6.45) is -4.77. The highest BCUT2D eigenvalue weighted by Gasteiger charge is 2.31. The van der Waals surface area contributed by atoms with E-state index in [-0.39, 0.29) is 30.2 Å². The number of hydrogen-bond acceptors (Lipinski definition) is 5. The van der Waals surface area contributed by atoms with E-state index in [1.807, 2.05) is 0 Å². The third kappa shape index (κ3) is 5.61. The summed E-state index contributed by atoms with van der Waals surface area (Å²) in [4.78, 5) is 12.6. The van der Waals surface area contributed by atoms with Gasteiger partial charge in [0.1, 0.15) is 5.75 Å². The second kappa shape index (κ2) is 8.07. The number of rotatable bonds is 6. The van der Waals surface area contributed by atoms with Gasteiger partial charge in [-0.1, -0.05) is 32.0 Å². The van der Waals surface area contributed by atoms with Crippen LogP contribution in [0.5, 0.6) is 5.75 Å². The molecule has 2 aromatic carbocycles. The predicted octanol–water partition coefficient (Wildman–Crippen LogP) is 3.17. The number of carbonyl (C=O) groups is 1. The van der Waals surface area contributed by atoms with Crippen LogP contribution in [0.15, 0.2) is 42.5 Å². The average Bonchev–Trinajstić information content (AvgIpc) is 2.60. The first-order valence-electron chi connectivity index (χ1n) is 8.35. The molecule has 0 atom stereocenters. The molecule has 0 aromatic heterocycles. The number of nitrogen functional groups attached to an aromatic ring is 1. The summed E-state index contributed by atoms with van der Waals surface area (Å²) in [5.41, 5.74) is 6.82. The van der Waals surface area contributed by atoms with Gasteiger partial charge in [0, 0.05) is 24.3 Å². The number of ether oxygens (including phenoxy) is 1. The first kappa shape index (κ1) is 21.5. The lowest BCUT2D eigenvalue weighted by molar-refractivity contribution is -0.274. The van der Waals surface area contributed by atoms with Crippen LogP contribution in [0.3, 0.4) is 0 Å². The second-order valence-corrected chi connectivity index (χ2v) is 7.13. The van der Waals surface area contributed by atoms with Crippen molar-refractivity contribution in [2.24, 2.45) is 11.3 Å². The van der Waals surface area contributed by atoms with Crippen molar-refractivity contribution in [2.45, 2.75) is 20.2 Å². The van der Waals surface area contributed by atoms with Gasteiger partial charge in [-0.05, 0) is 35.4 Å². The lowest BCUT2D eigenvalue weighted by Crippen LogP contribution is -2.45. The Morgan fingerprint density at radius 3 is 2.21 bits per heavy atom. The molecule has 0 radical (unpaired) electrons. The van der Waals surface area contributed by atoms with E-state index in [0.717, 1.165) is 5.01 Å². The molecule has 152 valence electrons. The largest absolute Gasteiger partial charge is 0.573 e. The number of aliphatic hydroxyl groups excluding tert-OH is 1. The number of hydrazine groups is 1. The zero-order chi connectivity index (χ0) is 21.1. The Hall–Kier alpha value is -2.78. The number of alkyl halides is 3. The number of nitrogens with two attached hydrogens (primary N) is 2. The van der Waals surface area contributed by atoms with Crippen molar-refractivity contribution in [2.75, 3.05) is 18.9 Å². The van der Waals surface area contributed by atoms with Crippen molar-refractivity contribution >= 4 is 11.6 Å². The summed E-state index contributed by atoms with van der Waals surface area (Å²) < 4.78 is 40.6. The molecular weight excluding hydrogens is 375 g/mol. The maximum absolute atomic E-state index is 12.6. The molecular formula is C19H22F3N3O3. The Morgan fingerprint density at radius 1 is 1.11 bits per heavy atom. The van der Waals surface area contributed by atoms with Crippen molar-refractivity contribution in [3.63, 3.8) is 0 Å². The minimum absolute atomic E-state index is 0.107. The first-order valence-corrected chi connectivity index (χ1v) is 8.35. The summed E-state index contributed by atoms with van der Waals surface area (Å²) in [5, 5.41) is 10.3. The van der Waals surface area contributed by atoms with Crippen molar-refractivity contribution in [1.29, 1.82) is 0 Å². The molecule has 6 nitrogen and oxygen atoms in total. The van der Waals surface area contributed by atoms with Crippen LogP contribution in [-0.4, -0.2) is 35.5 Å². The third-order valence-electron chi connectivity index (χ3n) is 3.99. The summed E-state index contributed by atoms with van der Waals surface area (Å²) in [7, 11) is 0. The van der Waals surface area contributed by atoms with Gasteiger partial charge in [-0.3, -0.25) is 9.80 Å². The first-order chi connectivity index (χ1) is 12.9. The molecule has 9 heteroatoms. The van der Waals surface area contributed by atoms with Crippen molar-refractivity contribution < 1.29 is 27.8 Å². The molecule has 0 bridgehead atoms. The SMILES string of the molecule is CC(C)(CO)CN(N)C(=O)c1cc(-c2ccc(OC(F)(F)F)cc2)ccc1N. The molecule has 0 aliphatic carbocycles. The standard InChI is InChI=1S/C19H22F3N3O3/c1-18(2,11-26)10-25(24)17(27)15-9-13(5-8-16(15)23)12-3-6-14(7-4-12)28-19(20,21)22/h3-9,26H,10-11,23-24H2,1-2H3. The summed E-state index contributed by atoms with van der Waals surface area (Å²) >= 11 is 0. The minimum Gasteiger partial charge on any atom is -0.406 e. The molecule has 2 aromatic rings. The van der Waals surface area contributed by atoms with Gasteiger partial charge in [0.2, 0.25) is 0 Å². The van der Waals surface area contributed by atoms with Gasteiger partial charge in [0.25, 0.3) is 5.91 Å². The topological polar surface area (TPSA) is 102 Å². The van der Waals surface area contributed by atoms with Crippen LogP contribution in [0.4, 0.5) is 18.9 Å². The normalized spacial score (nSPS) is 12.0. The highest BCUT2D eigenvalue weighted by Crippen LogP contribution is 2.29. The van der Waals surface area contributed by atoms with Crippen molar-refractivity contribution in [3.05, 3.63) is 48.0 Å². The van der Waals surface area contributed by atoms with Gasteiger partial charge in [-0.2, -0.15) is 0 Å². The average molecular weight is 397 g/mol. The summed E-state index contributed by atoms with van der Waals surface area (Å²) in [6.45, 7) is 3.46. The van der Waals surface area contributed by atoms with Gasteiger partial charge in [-0.25, -0.2) is 5.84 Å². The molecule has 0 spiro atoms. The van der Waals surface area contributed by atoms with Gasteiger partial charge < -0.3 is 15.6 Å². The number of aliphatic hydroxyl groups is 1. The third-order valence-corrected chi connectivity index (χ3v) is 3.99. The molecule has 0 saturated heterocycles. The molecule has 1 amide bonds. The fraction of sp³-hybridized carbons (Fsp3) is 0.316. The Kier molecular flexibility index (Phi) is 6.20. The molecule has 2 rings (SSSR count). The Balaban J connectivity index is 2.26. The zero-order valence-electron chi connectivity index (χ0n) is 15.5. The van der Waals surface area contributed by atoms with Crippen LogP contribution in [0.25, 0.3) is 11.1 Å². The van der Waals surface area contributed by atoms with Gasteiger partial charge in [-0.15, -0.1) is 13.2 Å². The van der Waals surface area contributed by atoms with E-state index in [9.17, 15) is 23.1 Å². The van der Waals surface area contributed by atoms with E-state index < -0.39 is 17.7 Å². The Bertz CT molecular complexity index is 837. The van der Waals surface area contributed by atoms with Crippen molar-refractivity contribution in [1.82, 2.24) is 5.01 Å².